The third-order valence-electron chi connectivity index (χ3n) is 2.99. The SMILES string of the molecule is CN(CC1CCCN1C)c1ncc(N)s1. The van der Waals surface area contributed by atoms with Crippen molar-refractivity contribution in [2.75, 3.05) is 37.8 Å². The van der Waals surface area contributed by atoms with Gasteiger partial charge in [-0.05, 0) is 26.4 Å². The summed E-state index contributed by atoms with van der Waals surface area (Å²) in [5.74, 6) is 0. The van der Waals surface area contributed by atoms with E-state index in [0.717, 1.165) is 16.7 Å². The summed E-state index contributed by atoms with van der Waals surface area (Å²) < 4.78 is 0. The molecule has 0 radical (unpaired) electrons. The van der Waals surface area contributed by atoms with Crippen molar-refractivity contribution in [2.45, 2.75) is 18.9 Å². The Morgan fingerprint density at radius 2 is 2.53 bits per heavy atom. The number of likely N-dealkylation sites (N-methyl/N-ethyl adjacent to an activating group) is 2. The maximum absolute atomic E-state index is 5.67. The molecule has 1 fully saturated rings. The Balaban J connectivity index is 1.94. The first-order valence-corrected chi connectivity index (χ1v) is 6.11. The number of anilines is 2. The van der Waals surface area contributed by atoms with Gasteiger partial charge in [0.1, 0.15) is 5.00 Å². The number of aromatic nitrogens is 1. The van der Waals surface area contributed by atoms with Crippen LogP contribution in [0, 0.1) is 0 Å². The number of nitrogen functional groups attached to an aromatic ring is 1. The molecular weight excluding hydrogens is 208 g/mol. The Labute approximate surface area is 94.7 Å². The molecule has 15 heavy (non-hydrogen) atoms. The number of nitrogens with zero attached hydrogens (tertiary/aromatic N) is 3. The minimum absolute atomic E-state index is 0.667. The molecule has 0 bridgehead atoms. The van der Waals surface area contributed by atoms with E-state index in [0.29, 0.717) is 6.04 Å². The van der Waals surface area contributed by atoms with Gasteiger partial charge in [0.2, 0.25) is 0 Å². The number of thiazole rings is 1. The average Bonchev–Trinajstić information content (AvgIpc) is 2.77. The van der Waals surface area contributed by atoms with Gasteiger partial charge in [0, 0.05) is 19.6 Å². The normalized spacial score (nSPS) is 22.1. The Kier molecular flexibility index (Phi) is 3.11. The molecule has 0 amide bonds. The van der Waals surface area contributed by atoms with Crippen LogP contribution < -0.4 is 10.6 Å². The Bertz CT molecular complexity index is 325. The van der Waals surface area contributed by atoms with Crippen LogP contribution in [0.1, 0.15) is 12.8 Å². The van der Waals surface area contributed by atoms with Crippen LogP contribution in [0.4, 0.5) is 10.1 Å². The van der Waals surface area contributed by atoms with E-state index in [1.165, 1.54) is 19.4 Å². The number of rotatable bonds is 3. The predicted octanol–water partition coefficient (Wildman–Crippen LogP) is 1.26. The lowest BCUT2D eigenvalue weighted by molar-refractivity contribution is 0.314. The zero-order chi connectivity index (χ0) is 10.8. The summed E-state index contributed by atoms with van der Waals surface area (Å²) in [5, 5.41) is 1.81. The molecule has 0 spiro atoms. The summed E-state index contributed by atoms with van der Waals surface area (Å²) in [4.78, 5) is 8.91. The monoisotopic (exact) mass is 226 g/mol. The van der Waals surface area contributed by atoms with E-state index in [4.69, 9.17) is 5.73 Å². The van der Waals surface area contributed by atoms with E-state index < -0.39 is 0 Å². The van der Waals surface area contributed by atoms with Crippen LogP contribution in [0.25, 0.3) is 0 Å². The molecule has 0 aliphatic carbocycles. The first-order chi connectivity index (χ1) is 7.16. The molecule has 4 nitrogen and oxygen atoms in total. The van der Waals surface area contributed by atoms with Gasteiger partial charge in [0.25, 0.3) is 0 Å². The fourth-order valence-electron chi connectivity index (χ4n) is 2.06. The van der Waals surface area contributed by atoms with Gasteiger partial charge in [-0.1, -0.05) is 11.3 Å². The van der Waals surface area contributed by atoms with E-state index in [1.807, 2.05) is 0 Å². The highest BCUT2D eigenvalue weighted by Gasteiger charge is 2.22. The summed E-state index contributed by atoms with van der Waals surface area (Å²) in [6, 6.07) is 0.667. The first-order valence-electron chi connectivity index (χ1n) is 5.29. The molecule has 84 valence electrons. The molecule has 1 aliphatic rings. The second-order valence-corrected chi connectivity index (χ2v) is 5.24. The topological polar surface area (TPSA) is 45.4 Å². The zero-order valence-electron chi connectivity index (χ0n) is 9.31. The van der Waals surface area contributed by atoms with Crippen molar-refractivity contribution in [1.82, 2.24) is 9.88 Å². The largest absolute Gasteiger partial charge is 0.389 e. The van der Waals surface area contributed by atoms with Crippen LogP contribution >= 0.6 is 11.3 Å². The van der Waals surface area contributed by atoms with E-state index in [1.54, 1.807) is 17.5 Å². The fraction of sp³-hybridized carbons (Fsp3) is 0.700. The van der Waals surface area contributed by atoms with E-state index in [9.17, 15) is 0 Å². The van der Waals surface area contributed by atoms with Crippen LogP contribution in [-0.4, -0.2) is 43.1 Å². The van der Waals surface area contributed by atoms with Crippen molar-refractivity contribution in [2.24, 2.45) is 0 Å². The summed E-state index contributed by atoms with van der Waals surface area (Å²) in [7, 11) is 4.28. The molecule has 1 aromatic heterocycles. The molecule has 1 unspecified atom stereocenters. The van der Waals surface area contributed by atoms with Gasteiger partial charge >= 0.3 is 0 Å². The van der Waals surface area contributed by atoms with Gasteiger partial charge in [0.05, 0.1) is 6.20 Å². The lowest BCUT2D eigenvalue weighted by Crippen LogP contribution is -2.36. The molecule has 1 saturated heterocycles. The van der Waals surface area contributed by atoms with E-state index in [-0.39, 0.29) is 0 Å². The number of hydrogen-bond donors (Lipinski definition) is 1. The van der Waals surface area contributed by atoms with Crippen LogP contribution in [0.2, 0.25) is 0 Å². The number of nitrogens with two attached hydrogens (primary N) is 1. The second kappa shape index (κ2) is 4.37. The third-order valence-corrected chi connectivity index (χ3v) is 3.93. The second-order valence-electron chi connectivity index (χ2n) is 4.20. The van der Waals surface area contributed by atoms with Crippen molar-refractivity contribution in [3.8, 4) is 0 Å². The Morgan fingerprint density at radius 3 is 3.07 bits per heavy atom. The van der Waals surface area contributed by atoms with Crippen molar-refractivity contribution < 1.29 is 0 Å². The highest BCUT2D eigenvalue weighted by atomic mass is 32.1. The summed E-state index contributed by atoms with van der Waals surface area (Å²) >= 11 is 1.55. The molecule has 5 heteroatoms. The van der Waals surface area contributed by atoms with E-state index in [2.05, 4.69) is 28.9 Å². The van der Waals surface area contributed by atoms with Gasteiger partial charge < -0.3 is 15.5 Å². The van der Waals surface area contributed by atoms with Crippen molar-refractivity contribution in [3.05, 3.63) is 6.20 Å². The highest BCUT2D eigenvalue weighted by Crippen LogP contribution is 2.24. The van der Waals surface area contributed by atoms with Crippen LogP contribution in [0.3, 0.4) is 0 Å². The van der Waals surface area contributed by atoms with Crippen molar-refractivity contribution in [1.29, 1.82) is 0 Å². The molecule has 1 atom stereocenters. The number of hydrogen-bond acceptors (Lipinski definition) is 5. The van der Waals surface area contributed by atoms with Gasteiger partial charge in [-0.15, -0.1) is 0 Å². The van der Waals surface area contributed by atoms with Crippen LogP contribution in [0.5, 0.6) is 0 Å². The maximum atomic E-state index is 5.67. The minimum Gasteiger partial charge on any atom is -0.389 e. The first kappa shape index (κ1) is 10.7. The predicted molar refractivity (Wildman–Crippen MR) is 65.4 cm³/mol. The van der Waals surface area contributed by atoms with Crippen LogP contribution in [-0.2, 0) is 0 Å². The van der Waals surface area contributed by atoms with Gasteiger partial charge in [-0.3, -0.25) is 0 Å². The molecule has 2 N–H and O–H groups in total. The van der Waals surface area contributed by atoms with Crippen LogP contribution in [0.15, 0.2) is 6.20 Å². The maximum Gasteiger partial charge on any atom is 0.187 e. The smallest absolute Gasteiger partial charge is 0.187 e. The quantitative estimate of drug-likeness (QED) is 0.842. The summed E-state index contributed by atoms with van der Waals surface area (Å²) in [6.07, 6.45) is 4.34. The lowest BCUT2D eigenvalue weighted by atomic mass is 10.2. The Hall–Kier alpha value is -0.810. The molecule has 0 saturated carbocycles. The minimum atomic E-state index is 0.667. The third kappa shape index (κ3) is 2.41. The van der Waals surface area contributed by atoms with E-state index >= 15 is 0 Å². The zero-order valence-corrected chi connectivity index (χ0v) is 10.1. The summed E-state index contributed by atoms with van der Waals surface area (Å²) in [6.45, 7) is 2.27. The molecular formula is C10H18N4S. The molecule has 1 aliphatic heterocycles. The molecule has 2 rings (SSSR count). The molecule has 1 aromatic rings. The fourth-order valence-corrected chi connectivity index (χ4v) is 2.71. The Morgan fingerprint density at radius 1 is 1.73 bits per heavy atom. The lowest BCUT2D eigenvalue weighted by Gasteiger charge is -2.25. The van der Waals surface area contributed by atoms with Crippen molar-refractivity contribution >= 4 is 21.5 Å². The van der Waals surface area contributed by atoms with Gasteiger partial charge in [-0.2, -0.15) is 0 Å². The molecule has 2 heterocycles. The van der Waals surface area contributed by atoms with Gasteiger partial charge in [0.15, 0.2) is 5.13 Å². The van der Waals surface area contributed by atoms with Gasteiger partial charge in [-0.25, -0.2) is 4.98 Å². The summed E-state index contributed by atoms with van der Waals surface area (Å²) in [5.41, 5.74) is 5.67. The average molecular weight is 226 g/mol. The highest BCUT2D eigenvalue weighted by molar-refractivity contribution is 7.19. The number of likely N-dealkylation sites (tertiary alicyclic amines) is 1. The molecule has 0 aromatic carbocycles. The standard InChI is InChI=1S/C10H18N4S/c1-13-5-3-4-8(13)7-14(2)10-12-6-9(11)15-10/h6,8H,3-5,7,11H2,1-2H3. The van der Waals surface area contributed by atoms with Crippen molar-refractivity contribution in [3.63, 3.8) is 0 Å².